The van der Waals surface area contributed by atoms with Crippen LogP contribution in [0.2, 0.25) is 5.02 Å². The molecule has 2 aromatic rings. The molecule has 0 saturated heterocycles. The largest absolute Gasteiger partial charge is 0.366 e. The predicted octanol–water partition coefficient (Wildman–Crippen LogP) is 5.54. The van der Waals surface area contributed by atoms with Gasteiger partial charge in [-0.3, -0.25) is 4.79 Å². The van der Waals surface area contributed by atoms with Gasteiger partial charge in [-0.25, -0.2) is 5.43 Å². The lowest BCUT2D eigenvalue weighted by atomic mass is 9.79. The standard InChI is InChI=1S/C24H30ClN3O/c1-5-11-28-22-14-21(25)19(13-20(22)17(2)15-24(28,3)4)16-26-27-23(29)12-18-9-7-6-8-10-18/h6-10,13-14,16-17H,5,11-12,15H2,1-4H3,(H,27,29)/b26-16-. The van der Waals surface area contributed by atoms with Gasteiger partial charge in [0.15, 0.2) is 0 Å². The molecule has 0 saturated carbocycles. The van der Waals surface area contributed by atoms with Gasteiger partial charge in [0, 0.05) is 23.3 Å². The number of carbonyl (C=O) groups excluding carboxylic acids is 1. The van der Waals surface area contributed by atoms with E-state index < -0.39 is 0 Å². The quantitative estimate of drug-likeness (QED) is 0.501. The molecule has 0 spiro atoms. The fourth-order valence-corrected chi connectivity index (χ4v) is 4.47. The van der Waals surface area contributed by atoms with Crippen LogP contribution in [-0.4, -0.2) is 24.2 Å². The van der Waals surface area contributed by atoms with Gasteiger partial charge in [-0.05, 0) is 55.9 Å². The summed E-state index contributed by atoms with van der Waals surface area (Å²) in [5.74, 6) is 0.288. The highest BCUT2D eigenvalue weighted by molar-refractivity contribution is 6.33. The first-order valence-corrected chi connectivity index (χ1v) is 10.7. The Balaban J connectivity index is 1.77. The van der Waals surface area contributed by atoms with Gasteiger partial charge in [0.1, 0.15) is 0 Å². The molecule has 0 bridgehead atoms. The molecule has 1 aliphatic rings. The van der Waals surface area contributed by atoms with E-state index in [1.54, 1.807) is 6.21 Å². The Bertz CT molecular complexity index is 892. The van der Waals surface area contributed by atoms with Crippen molar-refractivity contribution in [2.45, 2.75) is 58.4 Å². The van der Waals surface area contributed by atoms with Gasteiger partial charge in [0.25, 0.3) is 0 Å². The van der Waals surface area contributed by atoms with Crippen molar-refractivity contribution in [2.75, 3.05) is 11.4 Å². The summed E-state index contributed by atoms with van der Waals surface area (Å²) >= 11 is 6.58. The second-order valence-electron chi connectivity index (χ2n) is 8.46. The number of fused-ring (bicyclic) bond motifs is 1. The lowest BCUT2D eigenvalue weighted by Gasteiger charge is -2.47. The first-order chi connectivity index (χ1) is 13.8. The van der Waals surface area contributed by atoms with Gasteiger partial charge in [-0.2, -0.15) is 5.10 Å². The molecule has 1 heterocycles. The zero-order valence-corrected chi connectivity index (χ0v) is 18.5. The zero-order valence-electron chi connectivity index (χ0n) is 17.7. The maximum absolute atomic E-state index is 12.1. The van der Waals surface area contributed by atoms with Gasteiger partial charge in [0.2, 0.25) is 5.91 Å². The fraction of sp³-hybridized carbons (Fsp3) is 0.417. The summed E-state index contributed by atoms with van der Waals surface area (Å²) in [7, 11) is 0. The maximum atomic E-state index is 12.1. The van der Waals surface area contributed by atoms with Gasteiger partial charge in [0.05, 0.1) is 17.7 Å². The van der Waals surface area contributed by atoms with Crippen LogP contribution in [-0.2, 0) is 11.2 Å². The number of amides is 1. The summed E-state index contributed by atoms with van der Waals surface area (Å²) in [6, 6.07) is 13.8. The van der Waals surface area contributed by atoms with E-state index in [-0.39, 0.29) is 11.4 Å². The second-order valence-corrected chi connectivity index (χ2v) is 8.86. The highest BCUT2D eigenvalue weighted by Gasteiger charge is 2.36. The number of rotatable bonds is 6. The zero-order chi connectivity index (χ0) is 21.0. The van der Waals surface area contributed by atoms with E-state index in [0.717, 1.165) is 30.5 Å². The van der Waals surface area contributed by atoms with E-state index in [2.05, 4.69) is 55.3 Å². The molecule has 5 heteroatoms. The average Bonchev–Trinajstić information content (AvgIpc) is 2.66. The lowest BCUT2D eigenvalue weighted by molar-refractivity contribution is -0.120. The number of anilines is 1. The van der Waals surface area contributed by atoms with Crippen LogP contribution < -0.4 is 10.3 Å². The molecule has 154 valence electrons. The first-order valence-electron chi connectivity index (χ1n) is 10.3. The van der Waals surface area contributed by atoms with Crippen LogP contribution in [0.25, 0.3) is 0 Å². The Morgan fingerprint density at radius 3 is 2.72 bits per heavy atom. The molecule has 1 N–H and O–H groups in total. The Morgan fingerprint density at radius 2 is 2.03 bits per heavy atom. The molecule has 3 rings (SSSR count). The number of halogens is 1. The molecule has 0 aliphatic carbocycles. The van der Waals surface area contributed by atoms with Crippen molar-refractivity contribution in [3.05, 3.63) is 64.2 Å². The van der Waals surface area contributed by atoms with Crippen molar-refractivity contribution < 1.29 is 4.79 Å². The van der Waals surface area contributed by atoms with Crippen LogP contribution in [0.5, 0.6) is 0 Å². The lowest BCUT2D eigenvalue weighted by Crippen LogP contribution is -2.48. The Labute approximate surface area is 179 Å². The number of hydrazone groups is 1. The summed E-state index contributed by atoms with van der Waals surface area (Å²) in [5, 5.41) is 4.78. The van der Waals surface area contributed by atoms with Crippen molar-refractivity contribution in [1.82, 2.24) is 5.43 Å². The molecule has 1 aliphatic heterocycles. The summed E-state index contributed by atoms with van der Waals surface area (Å²) < 4.78 is 0. The van der Waals surface area contributed by atoms with Crippen LogP contribution in [0.4, 0.5) is 5.69 Å². The summed E-state index contributed by atoms with van der Waals surface area (Å²) in [6.45, 7) is 10.1. The van der Waals surface area contributed by atoms with Gasteiger partial charge in [-0.1, -0.05) is 55.8 Å². The molecule has 0 radical (unpaired) electrons. The minimum atomic E-state index is -0.147. The SMILES string of the molecule is CCCN1c2cc(Cl)c(/C=N\NC(=O)Cc3ccccc3)cc2C(C)CC1(C)C. The summed E-state index contributed by atoms with van der Waals surface area (Å²) in [4.78, 5) is 14.6. The summed E-state index contributed by atoms with van der Waals surface area (Å²) in [5.41, 5.74) is 7.00. The Morgan fingerprint density at radius 1 is 1.31 bits per heavy atom. The molecular weight excluding hydrogens is 382 g/mol. The van der Waals surface area contributed by atoms with Gasteiger partial charge >= 0.3 is 0 Å². The summed E-state index contributed by atoms with van der Waals surface area (Å²) in [6.07, 6.45) is 4.12. The first kappa shape index (κ1) is 21.4. The molecular formula is C24H30ClN3O. The van der Waals surface area contributed by atoms with Crippen molar-refractivity contribution in [3.63, 3.8) is 0 Å². The van der Waals surface area contributed by atoms with E-state index in [1.165, 1.54) is 11.3 Å². The second kappa shape index (κ2) is 9.00. The van der Waals surface area contributed by atoms with Gasteiger partial charge in [-0.15, -0.1) is 0 Å². The highest BCUT2D eigenvalue weighted by Crippen LogP contribution is 2.45. The number of benzene rings is 2. The minimum Gasteiger partial charge on any atom is -0.366 e. The monoisotopic (exact) mass is 411 g/mol. The Kier molecular flexibility index (Phi) is 6.63. The van der Waals surface area contributed by atoms with Crippen molar-refractivity contribution in [3.8, 4) is 0 Å². The van der Waals surface area contributed by atoms with Crippen LogP contribution >= 0.6 is 11.6 Å². The smallest absolute Gasteiger partial charge is 0.244 e. The Hall–Kier alpha value is -2.33. The molecule has 0 fully saturated rings. The number of hydrogen-bond donors (Lipinski definition) is 1. The molecule has 4 nitrogen and oxygen atoms in total. The van der Waals surface area contributed by atoms with Gasteiger partial charge < -0.3 is 4.90 Å². The average molecular weight is 412 g/mol. The van der Waals surface area contributed by atoms with E-state index in [9.17, 15) is 4.79 Å². The van der Waals surface area contributed by atoms with Crippen molar-refractivity contribution in [1.29, 1.82) is 0 Å². The minimum absolute atomic E-state index is 0.104. The third-order valence-electron chi connectivity index (χ3n) is 5.55. The highest BCUT2D eigenvalue weighted by atomic mass is 35.5. The molecule has 1 atom stereocenters. The van der Waals surface area contributed by atoms with E-state index >= 15 is 0 Å². The normalized spacial score (nSPS) is 18.0. The van der Waals surface area contributed by atoms with Crippen molar-refractivity contribution in [2.24, 2.45) is 5.10 Å². The van der Waals surface area contributed by atoms with Crippen LogP contribution in [0.15, 0.2) is 47.6 Å². The maximum Gasteiger partial charge on any atom is 0.244 e. The number of carbonyl (C=O) groups is 1. The van der Waals surface area contributed by atoms with Crippen molar-refractivity contribution >= 4 is 29.4 Å². The van der Waals surface area contributed by atoms with E-state index in [4.69, 9.17) is 11.6 Å². The third-order valence-corrected chi connectivity index (χ3v) is 5.88. The molecule has 1 unspecified atom stereocenters. The molecule has 29 heavy (non-hydrogen) atoms. The van der Waals surface area contributed by atoms with Crippen LogP contribution in [0.3, 0.4) is 0 Å². The van der Waals surface area contributed by atoms with E-state index in [0.29, 0.717) is 17.4 Å². The predicted molar refractivity (Wildman–Crippen MR) is 122 cm³/mol. The third kappa shape index (κ3) is 4.99. The number of nitrogens with zero attached hydrogens (tertiary/aromatic N) is 2. The number of nitrogens with one attached hydrogen (secondary N) is 1. The molecule has 2 aromatic carbocycles. The van der Waals surface area contributed by atoms with Crippen LogP contribution in [0.1, 0.15) is 63.1 Å². The topological polar surface area (TPSA) is 44.7 Å². The fourth-order valence-electron chi connectivity index (χ4n) is 4.26. The molecule has 1 amide bonds. The molecule has 0 aromatic heterocycles. The number of hydrogen-bond acceptors (Lipinski definition) is 3. The van der Waals surface area contributed by atoms with Crippen LogP contribution in [0, 0.1) is 0 Å². The van der Waals surface area contributed by atoms with E-state index in [1.807, 2.05) is 30.3 Å².